The Bertz CT molecular complexity index is 813. The number of ether oxygens (including phenoxy) is 3. The molecule has 1 heterocycles. The number of hydrogen-bond acceptors (Lipinski definition) is 6. The summed E-state index contributed by atoms with van der Waals surface area (Å²) in [6.07, 6.45) is 2.86. The number of esters is 1. The lowest BCUT2D eigenvalue weighted by atomic mass is 10.1. The third kappa shape index (κ3) is 3.22. The van der Waals surface area contributed by atoms with E-state index in [1.54, 1.807) is 42.5 Å². The number of carbonyl (C=O) groups excluding carboxylic acids is 2. The van der Waals surface area contributed by atoms with E-state index in [1.807, 2.05) is 0 Å². The minimum absolute atomic E-state index is 0.161. The summed E-state index contributed by atoms with van der Waals surface area (Å²) in [5.41, 5.74) is 1.43. The summed E-state index contributed by atoms with van der Waals surface area (Å²) < 4.78 is 15.2. The summed E-state index contributed by atoms with van der Waals surface area (Å²) in [6.45, 7) is 0.161. The minimum Gasteiger partial charge on any atom is -0.465 e. The SMILES string of the molecule is COC(=O)c1ccccc1N/C=C\C(=O)c1ccc2c(c1)OCO2. The Balaban J connectivity index is 1.71. The lowest BCUT2D eigenvalue weighted by Gasteiger charge is -2.06. The van der Waals surface area contributed by atoms with Crippen LogP contribution in [0.5, 0.6) is 11.5 Å². The Hall–Kier alpha value is -3.28. The third-order valence-corrected chi connectivity index (χ3v) is 3.46. The molecule has 6 heteroatoms. The van der Waals surface area contributed by atoms with Gasteiger partial charge in [-0.3, -0.25) is 4.79 Å². The van der Waals surface area contributed by atoms with Crippen LogP contribution in [0.4, 0.5) is 5.69 Å². The van der Waals surface area contributed by atoms with Gasteiger partial charge in [0.1, 0.15) is 0 Å². The van der Waals surface area contributed by atoms with Gasteiger partial charge in [0.2, 0.25) is 6.79 Å². The van der Waals surface area contributed by atoms with Crippen LogP contribution in [0.1, 0.15) is 20.7 Å². The van der Waals surface area contributed by atoms with E-state index in [0.717, 1.165) is 0 Å². The smallest absolute Gasteiger partial charge is 0.339 e. The first kappa shape index (κ1) is 15.6. The summed E-state index contributed by atoms with van der Waals surface area (Å²) in [5, 5.41) is 2.92. The number of anilines is 1. The molecule has 2 aromatic rings. The quantitative estimate of drug-likeness (QED) is 0.517. The highest BCUT2D eigenvalue weighted by molar-refractivity contribution is 6.05. The van der Waals surface area contributed by atoms with Crippen LogP contribution in [0.25, 0.3) is 0 Å². The highest BCUT2D eigenvalue weighted by atomic mass is 16.7. The summed E-state index contributed by atoms with van der Waals surface area (Å²) in [4.78, 5) is 23.9. The molecule has 0 amide bonds. The number of nitrogens with one attached hydrogen (secondary N) is 1. The summed E-state index contributed by atoms with van der Waals surface area (Å²) in [7, 11) is 1.32. The van der Waals surface area contributed by atoms with Crippen molar-refractivity contribution in [3.8, 4) is 11.5 Å². The Kier molecular flexibility index (Phi) is 4.47. The predicted octanol–water partition coefficient (Wildman–Crippen LogP) is 3.01. The van der Waals surface area contributed by atoms with Crippen molar-refractivity contribution in [2.45, 2.75) is 0 Å². The molecule has 0 unspecified atom stereocenters. The average Bonchev–Trinajstić information content (AvgIpc) is 3.09. The Labute approximate surface area is 138 Å². The fraction of sp³-hybridized carbons (Fsp3) is 0.111. The minimum atomic E-state index is -0.450. The second kappa shape index (κ2) is 6.87. The standard InChI is InChI=1S/C18H15NO5/c1-22-18(21)13-4-2-3-5-14(13)19-9-8-15(20)12-6-7-16-17(10-12)24-11-23-16/h2-10,19H,11H2,1H3/b9-8-. The van der Waals surface area contributed by atoms with E-state index in [0.29, 0.717) is 28.3 Å². The van der Waals surface area contributed by atoms with Gasteiger partial charge < -0.3 is 19.5 Å². The van der Waals surface area contributed by atoms with E-state index in [-0.39, 0.29) is 12.6 Å². The van der Waals surface area contributed by atoms with E-state index in [9.17, 15) is 9.59 Å². The number of benzene rings is 2. The highest BCUT2D eigenvalue weighted by Crippen LogP contribution is 2.32. The van der Waals surface area contributed by atoms with E-state index in [2.05, 4.69) is 5.32 Å². The summed E-state index contributed by atoms with van der Waals surface area (Å²) in [5.74, 6) is 0.531. The number of rotatable bonds is 5. The molecule has 0 aromatic heterocycles. The van der Waals surface area contributed by atoms with E-state index >= 15 is 0 Å². The first-order valence-electron chi connectivity index (χ1n) is 7.23. The summed E-state index contributed by atoms with van der Waals surface area (Å²) >= 11 is 0. The van der Waals surface area contributed by atoms with Crippen LogP contribution >= 0.6 is 0 Å². The molecule has 3 rings (SSSR count). The van der Waals surface area contributed by atoms with Gasteiger partial charge in [-0.15, -0.1) is 0 Å². The van der Waals surface area contributed by atoms with Gasteiger partial charge in [-0.2, -0.15) is 0 Å². The van der Waals surface area contributed by atoms with Gasteiger partial charge in [0, 0.05) is 17.8 Å². The first-order valence-corrected chi connectivity index (χ1v) is 7.23. The van der Waals surface area contributed by atoms with Crippen molar-refractivity contribution in [2.75, 3.05) is 19.2 Å². The molecule has 0 radical (unpaired) electrons. The lowest BCUT2D eigenvalue weighted by Crippen LogP contribution is -2.05. The fourth-order valence-corrected chi connectivity index (χ4v) is 2.25. The highest BCUT2D eigenvalue weighted by Gasteiger charge is 2.15. The molecule has 2 aromatic carbocycles. The van der Waals surface area contributed by atoms with Crippen LogP contribution in [0, 0.1) is 0 Å². The van der Waals surface area contributed by atoms with Crippen molar-refractivity contribution in [1.82, 2.24) is 0 Å². The Morgan fingerprint density at radius 2 is 1.92 bits per heavy atom. The molecule has 0 aliphatic carbocycles. The monoisotopic (exact) mass is 325 g/mol. The maximum Gasteiger partial charge on any atom is 0.339 e. The van der Waals surface area contributed by atoms with Gasteiger partial charge in [0.15, 0.2) is 17.3 Å². The predicted molar refractivity (Wildman–Crippen MR) is 87.4 cm³/mol. The van der Waals surface area contributed by atoms with Crippen LogP contribution in [0.15, 0.2) is 54.7 Å². The molecule has 1 N–H and O–H groups in total. The number of methoxy groups -OCH3 is 1. The maximum absolute atomic E-state index is 12.2. The number of hydrogen-bond donors (Lipinski definition) is 1. The van der Waals surface area contributed by atoms with Gasteiger partial charge in [-0.05, 0) is 30.3 Å². The topological polar surface area (TPSA) is 73.9 Å². The molecule has 24 heavy (non-hydrogen) atoms. The van der Waals surface area contributed by atoms with Gasteiger partial charge in [0.05, 0.1) is 18.4 Å². The van der Waals surface area contributed by atoms with E-state index in [4.69, 9.17) is 14.2 Å². The average molecular weight is 325 g/mol. The van der Waals surface area contributed by atoms with Gasteiger partial charge in [-0.1, -0.05) is 12.1 Å². The largest absolute Gasteiger partial charge is 0.465 e. The molecule has 6 nitrogen and oxygen atoms in total. The molecule has 1 aliphatic rings. The zero-order valence-corrected chi connectivity index (χ0v) is 12.9. The third-order valence-electron chi connectivity index (χ3n) is 3.46. The van der Waals surface area contributed by atoms with Crippen LogP contribution in [0.2, 0.25) is 0 Å². The Morgan fingerprint density at radius 3 is 2.75 bits per heavy atom. The van der Waals surface area contributed by atoms with Crippen LogP contribution in [-0.4, -0.2) is 25.7 Å². The number of fused-ring (bicyclic) bond motifs is 1. The second-order valence-electron chi connectivity index (χ2n) is 4.95. The molecule has 0 spiro atoms. The van der Waals surface area contributed by atoms with E-state index in [1.165, 1.54) is 19.4 Å². The number of allylic oxidation sites excluding steroid dienone is 1. The molecule has 0 saturated carbocycles. The molecular formula is C18H15NO5. The molecule has 0 atom stereocenters. The van der Waals surface area contributed by atoms with Gasteiger partial charge in [-0.25, -0.2) is 4.79 Å². The van der Waals surface area contributed by atoms with E-state index < -0.39 is 5.97 Å². The van der Waals surface area contributed by atoms with Crippen molar-refractivity contribution in [3.63, 3.8) is 0 Å². The molecule has 0 saturated heterocycles. The zero-order chi connectivity index (χ0) is 16.9. The molecule has 122 valence electrons. The van der Waals surface area contributed by atoms with Crippen LogP contribution in [-0.2, 0) is 4.74 Å². The normalized spacial score (nSPS) is 12.2. The number of carbonyl (C=O) groups is 2. The van der Waals surface area contributed by atoms with Crippen molar-refractivity contribution in [1.29, 1.82) is 0 Å². The zero-order valence-electron chi connectivity index (χ0n) is 12.9. The summed E-state index contributed by atoms with van der Waals surface area (Å²) in [6, 6.07) is 11.9. The molecule has 0 bridgehead atoms. The van der Waals surface area contributed by atoms with Gasteiger partial charge >= 0.3 is 5.97 Å². The first-order chi connectivity index (χ1) is 11.7. The number of para-hydroxylation sites is 1. The molecule has 0 fully saturated rings. The van der Waals surface area contributed by atoms with Crippen LogP contribution < -0.4 is 14.8 Å². The van der Waals surface area contributed by atoms with Crippen molar-refractivity contribution in [2.24, 2.45) is 0 Å². The van der Waals surface area contributed by atoms with Crippen molar-refractivity contribution in [3.05, 3.63) is 65.9 Å². The van der Waals surface area contributed by atoms with Crippen molar-refractivity contribution < 1.29 is 23.8 Å². The molecular weight excluding hydrogens is 310 g/mol. The van der Waals surface area contributed by atoms with Crippen molar-refractivity contribution >= 4 is 17.4 Å². The number of ketones is 1. The molecule has 1 aliphatic heterocycles. The van der Waals surface area contributed by atoms with Crippen LogP contribution in [0.3, 0.4) is 0 Å². The fourth-order valence-electron chi connectivity index (χ4n) is 2.25. The maximum atomic E-state index is 12.2. The second-order valence-corrected chi connectivity index (χ2v) is 4.95. The van der Waals surface area contributed by atoms with Gasteiger partial charge in [0.25, 0.3) is 0 Å². The Morgan fingerprint density at radius 1 is 1.12 bits per heavy atom. The lowest BCUT2D eigenvalue weighted by molar-refractivity contribution is 0.0601.